The van der Waals surface area contributed by atoms with Crippen molar-refractivity contribution >= 4 is 5.78 Å². The first-order valence-corrected chi connectivity index (χ1v) is 7.28. The van der Waals surface area contributed by atoms with Crippen molar-refractivity contribution in [3.63, 3.8) is 0 Å². The van der Waals surface area contributed by atoms with Gasteiger partial charge in [-0.15, -0.1) is 0 Å². The largest absolute Gasteiger partial charge is 0.489 e. The summed E-state index contributed by atoms with van der Waals surface area (Å²) in [6.07, 6.45) is 5.12. The standard InChI is InChI=1S/C19H18O2/c20-17-10-6-9-16(13-17)18-11-4-5-12-19(18)21-14-15-7-2-1-3-8-15/h1-8,10-12,16H,9,13-14H2/t16-/m0/s1. The summed E-state index contributed by atoms with van der Waals surface area (Å²) in [5.41, 5.74) is 2.28. The average Bonchev–Trinajstić information content (AvgIpc) is 2.54. The molecule has 0 heterocycles. The van der Waals surface area contributed by atoms with Crippen LogP contribution in [0.4, 0.5) is 0 Å². The van der Waals surface area contributed by atoms with Gasteiger partial charge in [0.1, 0.15) is 12.4 Å². The number of hydrogen-bond acceptors (Lipinski definition) is 2. The molecule has 0 radical (unpaired) electrons. The number of carbonyl (C=O) groups excluding carboxylic acids is 1. The summed E-state index contributed by atoms with van der Waals surface area (Å²) in [6, 6.07) is 18.2. The van der Waals surface area contributed by atoms with Crippen LogP contribution in [0.2, 0.25) is 0 Å². The Hall–Kier alpha value is -2.35. The van der Waals surface area contributed by atoms with E-state index < -0.39 is 0 Å². The predicted molar refractivity (Wildman–Crippen MR) is 83.3 cm³/mol. The van der Waals surface area contributed by atoms with Crippen molar-refractivity contribution in [3.05, 3.63) is 77.9 Å². The van der Waals surface area contributed by atoms with Crippen molar-refractivity contribution in [2.75, 3.05) is 0 Å². The number of ether oxygens (including phenoxy) is 1. The van der Waals surface area contributed by atoms with Gasteiger partial charge in [0, 0.05) is 6.42 Å². The fraction of sp³-hybridized carbons (Fsp3) is 0.211. The van der Waals surface area contributed by atoms with Crippen LogP contribution in [0.5, 0.6) is 5.75 Å². The molecule has 2 aromatic rings. The van der Waals surface area contributed by atoms with Crippen molar-refractivity contribution in [1.29, 1.82) is 0 Å². The van der Waals surface area contributed by atoms with Gasteiger partial charge >= 0.3 is 0 Å². The SMILES string of the molecule is O=C1C=CC[C@H](c2ccccc2OCc2ccccc2)C1. The molecule has 1 aliphatic rings. The highest BCUT2D eigenvalue weighted by molar-refractivity contribution is 5.91. The quantitative estimate of drug-likeness (QED) is 0.835. The predicted octanol–water partition coefficient (Wildman–Crippen LogP) is 4.27. The molecule has 21 heavy (non-hydrogen) atoms. The Morgan fingerprint density at radius 1 is 1.00 bits per heavy atom. The molecule has 3 rings (SSSR count). The highest BCUT2D eigenvalue weighted by atomic mass is 16.5. The summed E-state index contributed by atoms with van der Waals surface area (Å²) in [6.45, 7) is 0.550. The van der Waals surface area contributed by atoms with Crippen LogP contribution in [0.25, 0.3) is 0 Å². The molecule has 0 saturated carbocycles. The Balaban J connectivity index is 1.76. The molecule has 0 spiro atoms. The lowest BCUT2D eigenvalue weighted by molar-refractivity contribution is -0.115. The van der Waals surface area contributed by atoms with E-state index in [-0.39, 0.29) is 11.7 Å². The number of hydrogen-bond donors (Lipinski definition) is 0. The number of rotatable bonds is 4. The third kappa shape index (κ3) is 3.40. The van der Waals surface area contributed by atoms with E-state index >= 15 is 0 Å². The Bertz CT molecular complexity index is 644. The van der Waals surface area contributed by atoms with Crippen molar-refractivity contribution in [3.8, 4) is 5.75 Å². The van der Waals surface area contributed by atoms with E-state index in [4.69, 9.17) is 4.74 Å². The molecule has 2 heteroatoms. The first-order valence-electron chi connectivity index (χ1n) is 7.28. The number of allylic oxidation sites excluding steroid dienone is 2. The molecule has 0 fully saturated rings. The summed E-state index contributed by atoms with van der Waals surface area (Å²) in [7, 11) is 0. The first-order chi connectivity index (χ1) is 10.3. The van der Waals surface area contributed by atoms with Crippen LogP contribution < -0.4 is 4.74 Å². The minimum Gasteiger partial charge on any atom is -0.489 e. The molecular formula is C19H18O2. The van der Waals surface area contributed by atoms with Gasteiger partial charge in [-0.05, 0) is 35.6 Å². The number of ketones is 1. The zero-order valence-electron chi connectivity index (χ0n) is 11.9. The maximum absolute atomic E-state index is 11.6. The van der Waals surface area contributed by atoms with Crippen LogP contribution in [-0.4, -0.2) is 5.78 Å². The first kappa shape index (κ1) is 13.6. The van der Waals surface area contributed by atoms with Crippen LogP contribution in [0.1, 0.15) is 29.9 Å². The van der Waals surface area contributed by atoms with Gasteiger partial charge in [0.2, 0.25) is 0 Å². The Labute approximate surface area is 125 Å². The fourth-order valence-electron chi connectivity index (χ4n) is 2.68. The minimum atomic E-state index is 0.198. The van der Waals surface area contributed by atoms with Gasteiger partial charge in [-0.1, -0.05) is 54.6 Å². The molecule has 0 N–H and O–H groups in total. The summed E-state index contributed by atoms with van der Waals surface area (Å²) >= 11 is 0. The van der Waals surface area contributed by atoms with Crippen LogP contribution in [0, 0.1) is 0 Å². The van der Waals surface area contributed by atoms with E-state index in [0.717, 1.165) is 23.3 Å². The maximum Gasteiger partial charge on any atom is 0.155 e. The monoisotopic (exact) mass is 278 g/mol. The highest BCUT2D eigenvalue weighted by Crippen LogP contribution is 2.34. The second-order valence-corrected chi connectivity index (χ2v) is 5.32. The second-order valence-electron chi connectivity index (χ2n) is 5.32. The van der Waals surface area contributed by atoms with Crippen molar-refractivity contribution in [1.82, 2.24) is 0 Å². The molecule has 1 atom stereocenters. The van der Waals surface area contributed by atoms with E-state index in [1.54, 1.807) is 6.08 Å². The summed E-state index contributed by atoms with van der Waals surface area (Å²) in [4.78, 5) is 11.6. The molecule has 0 saturated heterocycles. The van der Waals surface area contributed by atoms with Crippen LogP contribution in [0.3, 0.4) is 0 Å². The van der Waals surface area contributed by atoms with Gasteiger partial charge in [-0.3, -0.25) is 4.79 Å². The number of carbonyl (C=O) groups is 1. The summed E-state index contributed by atoms with van der Waals surface area (Å²) in [5, 5.41) is 0. The summed E-state index contributed by atoms with van der Waals surface area (Å²) in [5.74, 6) is 1.31. The molecule has 0 aromatic heterocycles. The third-order valence-electron chi connectivity index (χ3n) is 3.77. The third-order valence-corrected chi connectivity index (χ3v) is 3.77. The van der Waals surface area contributed by atoms with Gasteiger partial charge in [0.05, 0.1) is 0 Å². The molecule has 0 unspecified atom stereocenters. The molecule has 2 nitrogen and oxygen atoms in total. The number of benzene rings is 2. The zero-order valence-corrected chi connectivity index (χ0v) is 11.9. The molecule has 106 valence electrons. The van der Waals surface area contributed by atoms with E-state index in [1.807, 2.05) is 42.5 Å². The van der Waals surface area contributed by atoms with Gasteiger partial charge in [-0.2, -0.15) is 0 Å². The maximum atomic E-state index is 11.6. The van der Waals surface area contributed by atoms with E-state index in [0.29, 0.717) is 13.0 Å². The van der Waals surface area contributed by atoms with Crippen LogP contribution in [0.15, 0.2) is 66.7 Å². The summed E-state index contributed by atoms with van der Waals surface area (Å²) < 4.78 is 5.98. The van der Waals surface area contributed by atoms with E-state index in [9.17, 15) is 4.79 Å². The minimum absolute atomic E-state index is 0.198. The smallest absolute Gasteiger partial charge is 0.155 e. The van der Waals surface area contributed by atoms with Crippen LogP contribution in [-0.2, 0) is 11.4 Å². The normalized spacial score (nSPS) is 17.7. The fourth-order valence-corrected chi connectivity index (χ4v) is 2.68. The zero-order chi connectivity index (χ0) is 14.5. The topological polar surface area (TPSA) is 26.3 Å². The molecule has 0 amide bonds. The van der Waals surface area contributed by atoms with E-state index in [1.165, 1.54) is 0 Å². The van der Waals surface area contributed by atoms with E-state index in [2.05, 4.69) is 18.2 Å². The lowest BCUT2D eigenvalue weighted by atomic mass is 9.87. The average molecular weight is 278 g/mol. The van der Waals surface area contributed by atoms with Gasteiger partial charge in [0.25, 0.3) is 0 Å². The van der Waals surface area contributed by atoms with Crippen molar-refractivity contribution in [2.24, 2.45) is 0 Å². The van der Waals surface area contributed by atoms with Crippen molar-refractivity contribution < 1.29 is 9.53 Å². The molecule has 2 aromatic carbocycles. The molecule has 1 aliphatic carbocycles. The van der Waals surface area contributed by atoms with Crippen LogP contribution >= 0.6 is 0 Å². The molecular weight excluding hydrogens is 260 g/mol. The number of para-hydroxylation sites is 1. The second kappa shape index (κ2) is 6.40. The Morgan fingerprint density at radius 2 is 1.76 bits per heavy atom. The molecule has 0 aliphatic heterocycles. The van der Waals surface area contributed by atoms with Gasteiger partial charge in [0.15, 0.2) is 5.78 Å². The van der Waals surface area contributed by atoms with Gasteiger partial charge < -0.3 is 4.74 Å². The molecule has 0 bridgehead atoms. The Kier molecular flexibility index (Phi) is 4.15. The highest BCUT2D eigenvalue weighted by Gasteiger charge is 2.20. The van der Waals surface area contributed by atoms with Gasteiger partial charge in [-0.25, -0.2) is 0 Å². The Morgan fingerprint density at radius 3 is 2.57 bits per heavy atom. The lowest BCUT2D eigenvalue weighted by Gasteiger charge is -2.20. The van der Waals surface area contributed by atoms with Crippen molar-refractivity contribution in [2.45, 2.75) is 25.4 Å². The lowest BCUT2D eigenvalue weighted by Crippen LogP contribution is -2.10.